The Morgan fingerprint density at radius 2 is 1.78 bits per heavy atom. The topological polar surface area (TPSA) is 125 Å². The number of likely N-dealkylation sites (tertiary alicyclic amines) is 1. The Morgan fingerprint density at radius 3 is 2.53 bits per heavy atom. The van der Waals surface area contributed by atoms with Crippen LogP contribution in [0.2, 0.25) is 5.02 Å². The van der Waals surface area contributed by atoms with Gasteiger partial charge in [-0.15, -0.1) is 0 Å². The lowest BCUT2D eigenvalue weighted by Crippen LogP contribution is -2.56. The lowest BCUT2D eigenvalue weighted by Gasteiger charge is -2.36. The van der Waals surface area contributed by atoms with Gasteiger partial charge in [0.2, 0.25) is 11.8 Å². The van der Waals surface area contributed by atoms with Crippen molar-refractivity contribution in [3.8, 4) is 0 Å². The number of halogens is 2. The van der Waals surface area contributed by atoms with Gasteiger partial charge in [-0.1, -0.05) is 95.0 Å². The third-order valence-corrected chi connectivity index (χ3v) is 10.9. The number of aryl methyl sites for hydroxylation is 1. The molecule has 0 aromatic heterocycles. The van der Waals surface area contributed by atoms with Crippen molar-refractivity contribution in [2.75, 3.05) is 31.2 Å². The summed E-state index contributed by atoms with van der Waals surface area (Å²) < 4.78 is 12.9. The van der Waals surface area contributed by atoms with E-state index in [1.54, 1.807) is 21.9 Å². The number of hydrogen-bond acceptors (Lipinski definition) is 7. The minimum Gasteiger partial charge on any atom is -0.463 e. The molecule has 0 saturated carbocycles. The summed E-state index contributed by atoms with van der Waals surface area (Å²) in [5.74, 6) is -3.47. The van der Waals surface area contributed by atoms with Crippen molar-refractivity contribution >= 4 is 56.9 Å². The van der Waals surface area contributed by atoms with Crippen molar-refractivity contribution in [3.05, 3.63) is 87.4 Å². The Morgan fingerprint density at radius 1 is 1.00 bits per heavy atom. The molecule has 0 aliphatic carbocycles. The number of cyclic esters (lactones) is 1. The average molecular weight is 755 g/mol. The summed E-state index contributed by atoms with van der Waals surface area (Å²) in [5.41, 5.74) is 0.623. The van der Waals surface area contributed by atoms with Gasteiger partial charge in [-0.05, 0) is 49.5 Å². The number of esters is 1. The van der Waals surface area contributed by atoms with Crippen molar-refractivity contribution < 1.29 is 33.8 Å². The number of hydrogen-bond donors (Lipinski definition) is 2. The van der Waals surface area contributed by atoms with Crippen LogP contribution in [0.3, 0.4) is 0 Å². The highest BCUT2D eigenvalue weighted by Gasteiger charge is 2.74. The highest BCUT2D eigenvalue weighted by molar-refractivity contribution is 9.11. The Bertz CT molecular complexity index is 1630. The minimum atomic E-state index is -1.41. The van der Waals surface area contributed by atoms with E-state index in [1.807, 2.05) is 61.5 Å². The fourth-order valence-corrected chi connectivity index (χ4v) is 8.67. The van der Waals surface area contributed by atoms with E-state index in [-0.39, 0.29) is 44.5 Å². The van der Waals surface area contributed by atoms with Gasteiger partial charge in [0.15, 0.2) is 0 Å². The second kappa shape index (κ2) is 15.2. The molecular weight excluding hydrogens is 714 g/mol. The summed E-state index contributed by atoms with van der Waals surface area (Å²) in [6.45, 7) is 2.28. The molecule has 2 fully saturated rings. The number of aliphatic hydroxyl groups excluding tert-OH is 1. The number of nitrogens with zero attached hydrogens (tertiary/aromatic N) is 2. The van der Waals surface area contributed by atoms with Crippen LogP contribution >= 0.6 is 27.5 Å². The number of rotatable bonds is 8. The Labute approximate surface area is 299 Å². The molecule has 6 atom stereocenters. The zero-order valence-electron chi connectivity index (χ0n) is 27.4. The Balaban J connectivity index is 1.44. The number of carbonyl (C=O) groups excluding carboxylic acids is 4. The van der Waals surface area contributed by atoms with Crippen LogP contribution in [-0.2, 0) is 28.7 Å². The summed E-state index contributed by atoms with van der Waals surface area (Å²) in [6.07, 6.45) is 7.94. The lowest BCUT2D eigenvalue weighted by molar-refractivity contribution is -0.145. The zero-order chi connectivity index (χ0) is 34.7. The fourth-order valence-electron chi connectivity index (χ4n) is 7.61. The van der Waals surface area contributed by atoms with Gasteiger partial charge < -0.3 is 29.7 Å². The first-order chi connectivity index (χ1) is 23.7. The number of benzene rings is 2. The summed E-state index contributed by atoms with van der Waals surface area (Å²) in [5, 5.41) is 12.7. The number of nitrogens with one attached hydrogen (secondary N) is 1. The number of para-hydroxylation sites is 1. The van der Waals surface area contributed by atoms with E-state index in [2.05, 4.69) is 21.2 Å². The van der Waals surface area contributed by atoms with E-state index in [0.29, 0.717) is 34.5 Å². The standard InChI is InChI=1S/C37H41BrClN3O7/c1-23-13-12-16-26(39)31(23)41-18-10-5-8-17-28(44)48-22-27(24-14-6-4-7-15-24)40-34(45)29-30-35(46)42(19-9-2-3-11-20-43)33(36(41)47)37(30)21-25(38)32(29)49-37/h4-7,10,12-16,21,27,29-30,32-33,43H,2-3,8-9,11,17-20,22H2,1H3,(H,40,45)/b10-5-/t27-,29-,30+,32-,33-,37+/m1/s1. The molecule has 12 heteroatoms. The minimum absolute atomic E-state index is 0.0854. The molecule has 1 spiro atoms. The molecule has 2 N–H and O–H groups in total. The van der Waals surface area contributed by atoms with Gasteiger partial charge in [0.1, 0.15) is 24.4 Å². The number of unbranched alkanes of at least 4 members (excludes halogenated alkanes) is 3. The highest BCUT2D eigenvalue weighted by atomic mass is 79.9. The molecule has 3 amide bonds. The number of amides is 3. The first-order valence-electron chi connectivity index (χ1n) is 16.9. The van der Waals surface area contributed by atoms with Crippen molar-refractivity contribution in [1.82, 2.24) is 10.2 Å². The van der Waals surface area contributed by atoms with E-state index in [9.17, 15) is 19.5 Å². The number of fused-ring (bicyclic) bond motifs is 2. The third kappa shape index (κ3) is 6.82. The molecule has 5 bridgehead atoms. The third-order valence-electron chi connectivity index (χ3n) is 9.89. The van der Waals surface area contributed by atoms with Gasteiger partial charge >= 0.3 is 5.97 Å². The number of anilines is 1. The van der Waals surface area contributed by atoms with Crippen molar-refractivity contribution in [2.24, 2.45) is 11.8 Å². The van der Waals surface area contributed by atoms with E-state index >= 15 is 4.79 Å². The maximum atomic E-state index is 15.1. The number of carbonyl (C=O) groups is 4. The van der Waals surface area contributed by atoms with Crippen molar-refractivity contribution in [3.63, 3.8) is 0 Å². The molecule has 4 heterocycles. The summed E-state index contributed by atoms with van der Waals surface area (Å²) in [4.78, 5) is 60.0. The molecule has 4 aliphatic heterocycles. The van der Waals surface area contributed by atoms with Gasteiger partial charge in [0.05, 0.1) is 28.6 Å². The Hall–Kier alpha value is -3.51. The second-order valence-corrected chi connectivity index (χ2v) is 14.3. The van der Waals surface area contributed by atoms with E-state index in [1.165, 1.54) is 0 Å². The first kappa shape index (κ1) is 35.3. The molecule has 0 radical (unpaired) electrons. The van der Waals surface area contributed by atoms with Gasteiger partial charge in [0, 0.05) is 30.6 Å². The molecule has 6 rings (SSSR count). The lowest BCUT2D eigenvalue weighted by atomic mass is 9.74. The summed E-state index contributed by atoms with van der Waals surface area (Å²) >= 11 is 10.4. The second-order valence-electron chi connectivity index (χ2n) is 13.0. The van der Waals surface area contributed by atoms with Crippen LogP contribution in [0, 0.1) is 18.8 Å². The monoisotopic (exact) mass is 753 g/mol. The van der Waals surface area contributed by atoms with E-state index in [0.717, 1.165) is 24.0 Å². The SMILES string of the molecule is Cc1cccc(Cl)c1N1C/C=C\CCC(=O)OC[C@H](c2ccccc2)NC(=O)[C@H]2[C@@H]3O[C@@]4(C=C3Br)[C@@H]2C(=O)N(CCCCCCO)[C@@H]4C1=O. The smallest absolute Gasteiger partial charge is 0.306 e. The number of aliphatic hydroxyl groups is 1. The van der Waals surface area contributed by atoms with E-state index < -0.39 is 47.5 Å². The summed E-state index contributed by atoms with van der Waals surface area (Å²) in [7, 11) is 0. The first-order valence-corrected chi connectivity index (χ1v) is 18.0. The maximum Gasteiger partial charge on any atom is 0.306 e. The zero-order valence-corrected chi connectivity index (χ0v) is 29.7. The van der Waals surface area contributed by atoms with Crippen LogP contribution in [0.5, 0.6) is 0 Å². The fraction of sp³-hybridized carbons (Fsp3) is 0.459. The Kier molecular flexibility index (Phi) is 10.9. The predicted octanol–water partition coefficient (Wildman–Crippen LogP) is 5.16. The van der Waals surface area contributed by atoms with Crippen LogP contribution in [-0.4, -0.2) is 77.7 Å². The van der Waals surface area contributed by atoms with Crippen LogP contribution in [0.15, 0.2) is 71.2 Å². The quantitative estimate of drug-likeness (QED) is 0.217. The van der Waals surface area contributed by atoms with Gasteiger partial charge in [-0.2, -0.15) is 0 Å². The molecule has 4 aliphatic rings. The van der Waals surface area contributed by atoms with Gasteiger partial charge in [0.25, 0.3) is 5.91 Å². The van der Waals surface area contributed by atoms with Crippen LogP contribution < -0.4 is 10.2 Å². The molecule has 2 aromatic carbocycles. The molecule has 0 unspecified atom stereocenters. The summed E-state index contributed by atoms with van der Waals surface area (Å²) in [6, 6.07) is 12.9. The average Bonchev–Trinajstić information content (AvgIpc) is 3.68. The molecule has 10 nitrogen and oxygen atoms in total. The molecule has 49 heavy (non-hydrogen) atoms. The molecule has 2 aromatic rings. The predicted molar refractivity (Wildman–Crippen MR) is 188 cm³/mol. The van der Waals surface area contributed by atoms with Crippen molar-refractivity contribution in [2.45, 2.75) is 69.2 Å². The van der Waals surface area contributed by atoms with Crippen LogP contribution in [0.4, 0.5) is 5.69 Å². The van der Waals surface area contributed by atoms with Crippen LogP contribution in [0.25, 0.3) is 0 Å². The maximum absolute atomic E-state index is 15.1. The molecule has 260 valence electrons. The highest BCUT2D eigenvalue weighted by Crippen LogP contribution is 2.59. The molecule has 2 saturated heterocycles. The van der Waals surface area contributed by atoms with Gasteiger partial charge in [-0.3, -0.25) is 19.2 Å². The largest absolute Gasteiger partial charge is 0.463 e. The number of allylic oxidation sites excluding steroid dienone is 1. The molecular formula is C37H41BrClN3O7. The van der Waals surface area contributed by atoms with Crippen LogP contribution in [0.1, 0.15) is 55.7 Å². The normalized spacial score (nSPS) is 29.5. The van der Waals surface area contributed by atoms with Gasteiger partial charge in [-0.25, -0.2) is 0 Å². The number of ether oxygens (including phenoxy) is 2. The van der Waals surface area contributed by atoms with E-state index in [4.69, 9.17) is 21.1 Å². The van der Waals surface area contributed by atoms with Crippen molar-refractivity contribution in [1.29, 1.82) is 0 Å².